The number of nitrogens with two attached hydrogens (primary N) is 1. The number of ether oxygens (including phenoxy) is 1. The number of aliphatic carboxylic acids is 1. The van der Waals surface area contributed by atoms with Crippen molar-refractivity contribution in [3.8, 4) is 5.75 Å². The van der Waals surface area contributed by atoms with Crippen molar-refractivity contribution in [2.45, 2.75) is 36.8 Å². The van der Waals surface area contributed by atoms with Gasteiger partial charge in [-0.15, -0.1) is 11.8 Å². The van der Waals surface area contributed by atoms with Gasteiger partial charge in [-0.1, -0.05) is 0 Å². The van der Waals surface area contributed by atoms with Crippen LogP contribution >= 0.6 is 11.8 Å². The summed E-state index contributed by atoms with van der Waals surface area (Å²) < 4.78 is 34.0. The number of hydrogen-bond donors (Lipinski definition) is 2. The highest BCUT2D eigenvalue weighted by molar-refractivity contribution is 7.99. The number of hydrogen-bond acceptors (Lipinski definition) is 7. The third-order valence-corrected chi connectivity index (χ3v) is 8.03. The molecule has 0 saturated carbocycles. The van der Waals surface area contributed by atoms with Crippen LogP contribution in [0, 0.1) is 23.5 Å². The van der Waals surface area contributed by atoms with Gasteiger partial charge >= 0.3 is 5.97 Å². The van der Waals surface area contributed by atoms with Gasteiger partial charge in [-0.05, 0) is 68.0 Å². The summed E-state index contributed by atoms with van der Waals surface area (Å²) in [6, 6.07) is 7.72. The lowest BCUT2D eigenvalue weighted by atomic mass is 9.79. The zero-order chi connectivity index (χ0) is 26.4. The van der Waals surface area contributed by atoms with Crippen LogP contribution in [0.3, 0.4) is 0 Å². The van der Waals surface area contributed by atoms with E-state index in [4.69, 9.17) is 10.5 Å². The molecule has 3 aromatic rings. The van der Waals surface area contributed by atoms with Gasteiger partial charge in [-0.25, -0.2) is 13.8 Å². The fourth-order valence-electron chi connectivity index (χ4n) is 5.15. The van der Waals surface area contributed by atoms with Gasteiger partial charge in [-0.3, -0.25) is 9.78 Å². The number of benzene rings is 1. The summed E-state index contributed by atoms with van der Waals surface area (Å²) in [6.45, 7) is 2.20. The Morgan fingerprint density at radius 3 is 2.86 bits per heavy atom. The van der Waals surface area contributed by atoms with Crippen molar-refractivity contribution >= 4 is 28.6 Å². The van der Waals surface area contributed by atoms with Crippen LogP contribution in [-0.4, -0.2) is 58.4 Å². The van der Waals surface area contributed by atoms with Crippen LogP contribution < -0.4 is 10.5 Å². The third kappa shape index (κ3) is 6.94. The molecule has 3 atom stereocenters. The number of halogens is 2. The highest BCUT2D eigenvalue weighted by Crippen LogP contribution is 2.35. The molecular formula is C27H32F2N4O3S. The van der Waals surface area contributed by atoms with Gasteiger partial charge in [0.05, 0.1) is 18.8 Å². The van der Waals surface area contributed by atoms with Crippen molar-refractivity contribution in [2.75, 3.05) is 32.5 Å². The summed E-state index contributed by atoms with van der Waals surface area (Å²) in [5, 5.41) is 10.5. The van der Waals surface area contributed by atoms with Crippen molar-refractivity contribution in [1.29, 1.82) is 0 Å². The first kappa shape index (κ1) is 27.2. The second kappa shape index (κ2) is 12.6. The summed E-state index contributed by atoms with van der Waals surface area (Å²) in [5.74, 6) is -0.203. The number of piperidine rings is 1. The maximum atomic E-state index is 14.8. The topological polar surface area (TPSA) is 102 Å². The molecule has 1 fully saturated rings. The number of pyridine rings is 2. The van der Waals surface area contributed by atoms with E-state index in [0.717, 1.165) is 19.5 Å². The quantitative estimate of drug-likeness (QED) is 0.338. The van der Waals surface area contributed by atoms with Crippen LogP contribution in [0.4, 0.5) is 8.78 Å². The minimum atomic E-state index is -0.829. The number of carbonyl (C=O) groups is 1. The van der Waals surface area contributed by atoms with E-state index in [0.29, 0.717) is 52.4 Å². The van der Waals surface area contributed by atoms with Gasteiger partial charge in [0.1, 0.15) is 16.6 Å². The molecule has 0 amide bonds. The standard InChI is InChI=1S/C27H32F2N4O3S/c1-36-19-5-7-24-20(14-19)26(22(29)15-32-24)23(30)6-4-17-8-10-33(16-18(17)13-25(34)35)11-12-37-27-21(28)3-2-9-31-27/h2-3,5,7,9,14-15,17-18,23H,4,6,8,10-13,16,30H2,1H3,(H,34,35)/t17?,18?,23-/m1/s1. The van der Waals surface area contributed by atoms with Crippen LogP contribution in [0.5, 0.6) is 5.75 Å². The molecule has 0 aliphatic carbocycles. The fraction of sp³-hybridized carbons (Fsp3) is 0.444. The molecule has 0 spiro atoms. The Morgan fingerprint density at radius 1 is 1.27 bits per heavy atom. The Kier molecular flexibility index (Phi) is 9.28. The van der Waals surface area contributed by atoms with Crippen LogP contribution in [0.15, 0.2) is 47.8 Å². The normalized spacial score (nSPS) is 19.1. The zero-order valence-corrected chi connectivity index (χ0v) is 21.6. The summed E-state index contributed by atoms with van der Waals surface area (Å²) in [4.78, 5) is 22.1. The van der Waals surface area contributed by atoms with Gasteiger partial charge in [0, 0.05) is 48.5 Å². The zero-order valence-electron chi connectivity index (χ0n) is 20.8. The number of thioether (sulfide) groups is 1. The average Bonchev–Trinajstić information content (AvgIpc) is 2.88. The van der Waals surface area contributed by atoms with Gasteiger partial charge in [0.2, 0.25) is 0 Å². The van der Waals surface area contributed by atoms with E-state index < -0.39 is 17.8 Å². The van der Waals surface area contributed by atoms with Crippen molar-refractivity contribution in [2.24, 2.45) is 17.6 Å². The first-order valence-corrected chi connectivity index (χ1v) is 13.4. The highest BCUT2D eigenvalue weighted by atomic mass is 32.2. The Morgan fingerprint density at radius 2 is 2.11 bits per heavy atom. The largest absolute Gasteiger partial charge is 0.497 e. The first-order chi connectivity index (χ1) is 17.9. The van der Waals surface area contributed by atoms with Crippen LogP contribution in [0.1, 0.15) is 37.3 Å². The summed E-state index contributed by atoms with van der Waals surface area (Å²) in [5.41, 5.74) is 7.56. The minimum Gasteiger partial charge on any atom is -0.497 e. The maximum absolute atomic E-state index is 14.8. The maximum Gasteiger partial charge on any atom is 0.303 e. The molecule has 10 heteroatoms. The molecule has 3 N–H and O–H groups in total. The van der Waals surface area contributed by atoms with E-state index in [1.807, 2.05) is 0 Å². The van der Waals surface area contributed by atoms with Crippen molar-refractivity contribution in [1.82, 2.24) is 14.9 Å². The van der Waals surface area contributed by atoms with E-state index >= 15 is 0 Å². The number of aromatic nitrogens is 2. The molecule has 1 aliphatic heterocycles. The number of rotatable bonds is 11. The van der Waals surface area contributed by atoms with E-state index in [-0.39, 0.29) is 24.1 Å². The van der Waals surface area contributed by atoms with Crippen LogP contribution in [0.25, 0.3) is 10.9 Å². The SMILES string of the molecule is COc1ccc2ncc(F)c([C@H](N)CCC3CCN(CCSc4ncccc4F)CC3CC(=O)O)c2c1. The third-order valence-electron chi connectivity index (χ3n) is 7.07. The summed E-state index contributed by atoms with van der Waals surface area (Å²) >= 11 is 1.36. The van der Waals surface area contributed by atoms with Crippen LogP contribution in [-0.2, 0) is 4.79 Å². The molecule has 37 heavy (non-hydrogen) atoms. The number of fused-ring (bicyclic) bond motifs is 1. The summed E-state index contributed by atoms with van der Waals surface area (Å²) in [7, 11) is 1.55. The van der Waals surface area contributed by atoms with Gasteiger partial charge < -0.3 is 20.5 Å². The molecule has 1 saturated heterocycles. The van der Waals surface area contributed by atoms with E-state index in [1.165, 1.54) is 24.0 Å². The summed E-state index contributed by atoms with van der Waals surface area (Å²) in [6.07, 6.45) is 4.91. The molecule has 4 rings (SSSR count). The number of carboxylic acid groups (broad SMARTS) is 1. The molecule has 3 heterocycles. The molecule has 1 aromatic carbocycles. The van der Waals surface area contributed by atoms with E-state index in [9.17, 15) is 18.7 Å². The first-order valence-electron chi connectivity index (χ1n) is 12.4. The number of likely N-dealkylation sites (tertiary alicyclic amines) is 1. The van der Waals surface area contributed by atoms with Gasteiger partial charge in [0.15, 0.2) is 5.82 Å². The Balaban J connectivity index is 1.38. The van der Waals surface area contributed by atoms with E-state index in [2.05, 4.69) is 14.9 Å². The molecule has 0 bridgehead atoms. The lowest BCUT2D eigenvalue weighted by Crippen LogP contribution is -2.42. The predicted molar refractivity (Wildman–Crippen MR) is 140 cm³/mol. The molecule has 198 valence electrons. The average molecular weight is 531 g/mol. The number of carboxylic acids is 1. The fourth-order valence-corrected chi connectivity index (χ4v) is 6.04. The predicted octanol–water partition coefficient (Wildman–Crippen LogP) is 4.90. The monoisotopic (exact) mass is 530 g/mol. The number of methoxy groups -OCH3 is 1. The Hall–Kier alpha value is -2.82. The molecular weight excluding hydrogens is 498 g/mol. The molecule has 1 aliphatic rings. The highest BCUT2D eigenvalue weighted by Gasteiger charge is 2.31. The molecule has 2 unspecified atom stereocenters. The van der Waals surface area contributed by atoms with Gasteiger partial charge in [-0.2, -0.15) is 0 Å². The number of nitrogens with zero attached hydrogens (tertiary/aromatic N) is 3. The lowest BCUT2D eigenvalue weighted by molar-refractivity contribution is -0.139. The lowest BCUT2D eigenvalue weighted by Gasteiger charge is -2.38. The molecule has 7 nitrogen and oxygen atoms in total. The Labute approximate surface area is 219 Å². The second-order valence-corrected chi connectivity index (χ2v) is 10.5. The van der Waals surface area contributed by atoms with Crippen LogP contribution in [0.2, 0.25) is 0 Å². The van der Waals surface area contributed by atoms with Crippen molar-refractivity contribution in [3.05, 3.63) is 59.9 Å². The van der Waals surface area contributed by atoms with E-state index in [1.54, 1.807) is 37.6 Å². The molecule has 2 aromatic heterocycles. The minimum absolute atomic E-state index is 0.0332. The van der Waals surface area contributed by atoms with Crippen molar-refractivity contribution < 1.29 is 23.4 Å². The second-order valence-electron chi connectivity index (χ2n) is 9.43. The smallest absolute Gasteiger partial charge is 0.303 e. The van der Waals surface area contributed by atoms with Crippen molar-refractivity contribution in [3.63, 3.8) is 0 Å². The molecule has 0 radical (unpaired) electrons. The van der Waals surface area contributed by atoms with Gasteiger partial charge in [0.25, 0.3) is 0 Å². The Bertz CT molecular complexity index is 1230.